The average Bonchev–Trinajstić information content (AvgIpc) is 3.18. The fourth-order valence-electron chi connectivity index (χ4n) is 2.77. The van der Waals surface area contributed by atoms with Crippen LogP contribution in [0.1, 0.15) is 21.3 Å². The van der Waals surface area contributed by atoms with Crippen molar-refractivity contribution in [2.45, 2.75) is 6.04 Å². The van der Waals surface area contributed by atoms with Crippen LogP contribution in [0.5, 0.6) is 5.75 Å². The summed E-state index contributed by atoms with van der Waals surface area (Å²) in [5.41, 5.74) is 0.980. The van der Waals surface area contributed by atoms with Gasteiger partial charge in [0.25, 0.3) is 11.6 Å². The molecule has 3 aromatic rings. The molecule has 1 aliphatic heterocycles. The van der Waals surface area contributed by atoms with E-state index in [2.05, 4.69) is 5.32 Å². The Balaban J connectivity index is 1.59. The number of ether oxygens (including phenoxy) is 1. The van der Waals surface area contributed by atoms with Crippen molar-refractivity contribution >= 4 is 33.0 Å². The fourth-order valence-corrected chi connectivity index (χ4v) is 3.71. The van der Waals surface area contributed by atoms with Gasteiger partial charge in [-0.3, -0.25) is 14.9 Å². The van der Waals surface area contributed by atoms with Crippen molar-refractivity contribution in [2.75, 3.05) is 6.61 Å². The minimum Gasteiger partial charge on any atom is -0.491 e. The summed E-state index contributed by atoms with van der Waals surface area (Å²) in [4.78, 5) is 23.4. The molecule has 1 amide bonds. The molecule has 6 nitrogen and oxygen atoms in total. The molecule has 1 aromatic heterocycles. The quantitative estimate of drug-likeness (QED) is 0.582. The van der Waals surface area contributed by atoms with Gasteiger partial charge in [-0.05, 0) is 18.2 Å². The molecule has 0 radical (unpaired) electrons. The molecule has 0 bridgehead atoms. The van der Waals surface area contributed by atoms with Crippen molar-refractivity contribution in [3.63, 3.8) is 0 Å². The van der Waals surface area contributed by atoms with Gasteiger partial charge in [-0.15, -0.1) is 11.3 Å². The van der Waals surface area contributed by atoms with Crippen LogP contribution in [-0.4, -0.2) is 17.4 Å². The van der Waals surface area contributed by atoms with E-state index in [1.54, 1.807) is 12.1 Å². The lowest BCUT2D eigenvalue weighted by molar-refractivity contribution is -0.384. The zero-order valence-electron chi connectivity index (χ0n) is 12.4. The lowest BCUT2D eigenvalue weighted by Crippen LogP contribution is -2.28. The van der Waals surface area contributed by atoms with E-state index < -0.39 is 4.92 Å². The third-order valence-electron chi connectivity index (χ3n) is 3.94. The molecule has 0 spiro atoms. The van der Waals surface area contributed by atoms with Crippen molar-refractivity contribution in [2.24, 2.45) is 0 Å². The van der Waals surface area contributed by atoms with Crippen LogP contribution in [0.4, 0.5) is 5.69 Å². The van der Waals surface area contributed by atoms with E-state index in [1.807, 2.05) is 24.3 Å². The van der Waals surface area contributed by atoms with Gasteiger partial charge in [-0.25, -0.2) is 0 Å². The van der Waals surface area contributed by atoms with E-state index in [9.17, 15) is 14.9 Å². The number of carbonyl (C=O) groups excluding carboxylic acids is 1. The van der Waals surface area contributed by atoms with Crippen molar-refractivity contribution in [3.8, 4) is 5.75 Å². The minimum atomic E-state index is -0.441. The number of amides is 1. The monoisotopic (exact) mass is 340 g/mol. The smallest absolute Gasteiger partial charge is 0.270 e. The Morgan fingerprint density at radius 1 is 1.25 bits per heavy atom. The highest BCUT2D eigenvalue weighted by atomic mass is 32.1. The molecule has 0 unspecified atom stereocenters. The highest BCUT2D eigenvalue weighted by Gasteiger charge is 2.26. The summed E-state index contributed by atoms with van der Waals surface area (Å²) in [6.45, 7) is 0.404. The average molecular weight is 340 g/mol. The van der Waals surface area contributed by atoms with Crippen LogP contribution in [0.15, 0.2) is 48.5 Å². The van der Waals surface area contributed by atoms with Gasteiger partial charge in [0.1, 0.15) is 12.4 Å². The van der Waals surface area contributed by atoms with Gasteiger partial charge in [-0.2, -0.15) is 0 Å². The number of nitro groups is 1. The summed E-state index contributed by atoms with van der Waals surface area (Å²) < 4.78 is 6.40. The predicted octanol–water partition coefficient (Wildman–Crippen LogP) is 3.67. The van der Waals surface area contributed by atoms with E-state index >= 15 is 0 Å². The number of para-hydroxylation sites is 1. The molecular weight excluding hydrogens is 328 g/mol. The zero-order chi connectivity index (χ0) is 16.7. The van der Waals surface area contributed by atoms with Crippen molar-refractivity contribution in [1.29, 1.82) is 0 Å². The molecule has 120 valence electrons. The van der Waals surface area contributed by atoms with Crippen LogP contribution in [0.3, 0.4) is 0 Å². The summed E-state index contributed by atoms with van der Waals surface area (Å²) in [6, 6.07) is 13.7. The molecule has 0 saturated heterocycles. The SMILES string of the molecule is O=C(N[C@H]1COc2ccccc21)c1cc2cc([N+](=O)[O-])ccc2s1. The van der Waals surface area contributed by atoms with Gasteiger partial charge in [0.15, 0.2) is 0 Å². The van der Waals surface area contributed by atoms with Crippen LogP contribution in [0.2, 0.25) is 0 Å². The zero-order valence-corrected chi connectivity index (χ0v) is 13.2. The van der Waals surface area contributed by atoms with E-state index in [4.69, 9.17) is 4.74 Å². The first-order chi connectivity index (χ1) is 11.6. The number of benzene rings is 2. The van der Waals surface area contributed by atoms with Gasteiger partial charge in [0.05, 0.1) is 15.8 Å². The summed E-state index contributed by atoms with van der Waals surface area (Å²) in [5.74, 6) is 0.582. The largest absolute Gasteiger partial charge is 0.491 e. The van der Waals surface area contributed by atoms with Gasteiger partial charge in [0, 0.05) is 27.8 Å². The minimum absolute atomic E-state index is 0.0189. The first-order valence-electron chi connectivity index (χ1n) is 7.32. The van der Waals surface area contributed by atoms with Gasteiger partial charge < -0.3 is 10.1 Å². The molecule has 1 N–H and O–H groups in total. The number of fused-ring (bicyclic) bond motifs is 2. The number of nitrogens with one attached hydrogen (secondary N) is 1. The molecule has 2 heterocycles. The molecule has 7 heteroatoms. The maximum absolute atomic E-state index is 12.5. The number of carbonyl (C=O) groups is 1. The molecule has 4 rings (SSSR count). The lowest BCUT2D eigenvalue weighted by atomic mass is 10.1. The second-order valence-electron chi connectivity index (χ2n) is 5.46. The maximum atomic E-state index is 12.5. The normalized spacial score (nSPS) is 15.8. The highest BCUT2D eigenvalue weighted by molar-refractivity contribution is 7.20. The van der Waals surface area contributed by atoms with E-state index in [-0.39, 0.29) is 17.6 Å². The number of non-ortho nitro benzene ring substituents is 1. The Labute approximate surface area is 140 Å². The second-order valence-corrected chi connectivity index (χ2v) is 6.55. The predicted molar refractivity (Wildman–Crippen MR) is 90.6 cm³/mol. The van der Waals surface area contributed by atoms with E-state index in [1.165, 1.54) is 23.5 Å². The van der Waals surface area contributed by atoms with Crippen LogP contribution in [0.25, 0.3) is 10.1 Å². The number of nitrogens with zero attached hydrogens (tertiary/aromatic N) is 1. The molecule has 2 aromatic carbocycles. The van der Waals surface area contributed by atoms with Crippen molar-refractivity contribution in [3.05, 3.63) is 69.1 Å². The Bertz CT molecular complexity index is 966. The van der Waals surface area contributed by atoms with Gasteiger partial charge in [0.2, 0.25) is 0 Å². The molecule has 1 aliphatic rings. The van der Waals surface area contributed by atoms with Crippen molar-refractivity contribution < 1.29 is 14.5 Å². The number of nitro benzene ring substituents is 1. The standard InChI is InChI=1S/C17H12N2O4S/c20-17(18-13-9-23-14-4-2-1-3-12(13)14)16-8-10-7-11(19(21)22)5-6-15(10)24-16/h1-8,13H,9H2,(H,18,20)/t13-/m0/s1. The fraction of sp³-hybridized carbons (Fsp3) is 0.118. The first-order valence-corrected chi connectivity index (χ1v) is 8.14. The van der Waals surface area contributed by atoms with Gasteiger partial charge >= 0.3 is 0 Å². The maximum Gasteiger partial charge on any atom is 0.270 e. The van der Waals surface area contributed by atoms with E-state index in [0.29, 0.717) is 16.9 Å². The number of thiophene rings is 1. The molecule has 24 heavy (non-hydrogen) atoms. The Kier molecular flexibility index (Phi) is 3.42. The molecule has 1 atom stereocenters. The Morgan fingerprint density at radius 2 is 2.08 bits per heavy atom. The number of rotatable bonds is 3. The molecule has 0 saturated carbocycles. The Morgan fingerprint density at radius 3 is 2.92 bits per heavy atom. The van der Waals surface area contributed by atoms with E-state index in [0.717, 1.165) is 16.0 Å². The van der Waals surface area contributed by atoms with Crippen molar-refractivity contribution in [1.82, 2.24) is 5.32 Å². The number of hydrogen-bond acceptors (Lipinski definition) is 5. The molecule has 0 aliphatic carbocycles. The number of hydrogen-bond donors (Lipinski definition) is 1. The second kappa shape index (κ2) is 5.61. The summed E-state index contributed by atoms with van der Waals surface area (Å²) >= 11 is 1.32. The Hall–Kier alpha value is -2.93. The summed E-state index contributed by atoms with van der Waals surface area (Å²) in [7, 11) is 0. The van der Waals surface area contributed by atoms with Crippen LogP contribution in [0, 0.1) is 10.1 Å². The van der Waals surface area contributed by atoms with Crippen LogP contribution in [-0.2, 0) is 0 Å². The molecule has 0 fully saturated rings. The van der Waals surface area contributed by atoms with Gasteiger partial charge in [-0.1, -0.05) is 18.2 Å². The van der Waals surface area contributed by atoms with Crippen LogP contribution >= 0.6 is 11.3 Å². The van der Waals surface area contributed by atoms with Crippen LogP contribution < -0.4 is 10.1 Å². The third-order valence-corrected chi connectivity index (χ3v) is 5.05. The highest BCUT2D eigenvalue weighted by Crippen LogP contribution is 2.33. The first kappa shape index (κ1) is 14.6. The topological polar surface area (TPSA) is 81.5 Å². The third kappa shape index (κ3) is 2.48. The molecular formula is C17H12N2O4S. The lowest BCUT2D eigenvalue weighted by Gasteiger charge is -2.10. The summed E-state index contributed by atoms with van der Waals surface area (Å²) in [6.07, 6.45) is 0. The summed E-state index contributed by atoms with van der Waals surface area (Å²) in [5, 5.41) is 14.5.